The van der Waals surface area contributed by atoms with Crippen molar-refractivity contribution in [3.63, 3.8) is 0 Å². The average Bonchev–Trinajstić information content (AvgIpc) is 2.64. The average molecular weight is 409 g/mol. The molecule has 5 heteroatoms. The lowest BCUT2D eigenvalue weighted by atomic mass is 10.1. The molecule has 1 aromatic rings. The van der Waals surface area contributed by atoms with E-state index in [2.05, 4.69) is 20.7 Å². The SMILES string of the molecule is COC(=O)/C=C/CCC[C@@H](/C=C(Br)/C=C/CO)OCc1ccccc1. The first-order valence-corrected chi connectivity index (χ1v) is 8.99. The molecule has 0 spiro atoms. The summed E-state index contributed by atoms with van der Waals surface area (Å²) in [6.07, 6.45) is 11.1. The van der Waals surface area contributed by atoms with E-state index < -0.39 is 0 Å². The Morgan fingerprint density at radius 1 is 1.24 bits per heavy atom. The van der Waals surface area contributed by atoms with Crippen LogP contribution in [0.1, 0.15) is 24.8 Å². The second kappa shape index (κ2) is 13.6. The number of aliphatic hydroxyl groups is 1. The maximum atomic E-state index is 11.0. The molecule has 0 amide bonds. The van der Waals surface area contributed by atoms with Gasteiger partial charge in [0.15, 0.2) is 0 Å². The third kappa shape index (κ3) is 10.7. The fourth-order valence-electron chi connectivity index (χ4n) is 2.08. The molecule has 0 aliphatic heterocycles. The third-order valence-electron chi connectivity index (χ3n) is 3.35. The van der Waals surface area contributed by atoms with Gasteiger partial charge in [-0.2, -0.15) is 0 Å². The van der Waals surface area contributed by atoms with E-state index in [-0.39, 0.29) is 18.7 Å². The summed E-state index contributed by atoms with van der Waals surface area (Å²) >= 11 is 3.46. The number of carbonyl (C=O) groups is 1. The zero-order valence-electron chi connectivity index (χ0n) is 14.4. The topological polar surface area (TPSA) is 55.8 Å². The molecule has 0 fully saturated rings. The van der Waals surface area contributed by atoms with Crippen molar-refractivity contribution in [2.75, 3.05) is 13.7 Å². The van der Waals surface area contributed by atoms with Crippen LogP contribution in [0.4, 0.5) is 0 Å². The van der Waals surface area contributed by atoms with Crippen LogP contribution >= 0.6 is 15.9 Å². The highest BCUT2D eigenvalue weighted by atomic mass is 79.9. The molecule has 0 aromatic heterocycles. The zero-order valence-corrected chi connectivity index (χ0v) is 16.0. The van der Waals surface area contributed by atoms with Gasteiger partial charge < -0.3 is 14.6 Å². The maximum Gasteiger partial charge on any atom is 0.330 e. The van der Waals surface area contributed by atoms with Gasteiger partial charge in [-0.05, 0) is 37.0 Å². The lowest BCUT2D eigenvalue weighted by molar-refractivity contribution is -0.134. The first-order valence-electron chi connectivity index (χ1n) is 8.20. The number of benzene rings is 1. The Labute approximate surface area is 158 Å². The zero-order chi connectivity index (χ0) is 18.3. The molecule has 0 saturated carbocycles. The van der Waals surface area contributed by atoms with Crippen LogP contribution in [0, 0.1) is 0 Å². The van der Waals surface area contributed by atoms with Gasteiger partial charge in [0.05, 0.1) is 26.4 Å². The molecule has 4 nitrogen and oxygen atoms in total. The largest absolute Gasteiger partial charge is 0.466 e. The van der Waals surface area contributed by atoms with Crippen molar-refractivity contribution in [2.24, 2.45) is 0 Å². The maximum absolute atomic E-state index is 11.0. The number of carbonyl (C=O) groups excluding carboxylic acids is 1. The summed E-state index contributed by atoms with van der Waals surface area (Å²) in [6, 6.07) is 10.0. The molecule has 1 atom stereocenters. The molecule has 0 aliphatic carbocycles. The number of rotatable bonds is 11. The fraction of sp³-hybridized carbons (Fsp3) is 0.350. The molecule has 25 heavy (non-hydrogen) atoms. The smallest absolute Gasteiger partial charge is 0.330 e. The number of ether oxygens (including phenoxy) is 2. The van der Waals surface area contributed by atoms with E-state index >= 15 is 0 Å². The number of unbranched alkanes of at least 4 members (excludes halogenated alkanes) is 1. The second-order valence-electron chi connectivity index (χ2n) is 5.33. The lowest BCUT2D eigenvalue weighted by Crippen LogP contribution is -2.10. The standard InChI is InChI=1S/C20H25BrO4/c1-24-20(23)13-7-3-6-12-19(15-18(21)11-8-14-22)25-16-17-9-4-2-5-10-17/h2,4-5,7-11,13,15,19,22H,3,6,12,14,16H2,1H3/b11-8+,13-7+,18-15-/t19-/m0/s1. The highest BCUT2D eigenvalue weighted by Gasteiger charge is 2.07. The van der Waals surface area contributed by atoms with E-state index in [4.69, 9.17) is 9.84 Å². The van der Waals surface area contributed by atoms with Crippen LogP contribution < -0.4 is 0 Å². The molecule has 0 bridgehead atoms. The molecule has 0 saturated heterocycles. The van der Waals surface area contributed by atoms with Crippen molar-refractivity contribution >= 4 is 21.9 Å². The predicted molar refractivity (Wildman–Crippen MR) is 103 cm³/mol. The van der Waals surface area contributed by atoms with E-state index in [0.717, 1.165) is 29.3 Å². The Morgan fingerprint density at radius 2 is 2.00 bits per heavy atom. The van der Waals surface area contributed by atoms with Gasteiger partial charge in [0.25, 0.3) is 0 Å². The molecule has 0 aliphatic rings. The van der Waals surface area contributed by atoms with Crippen molar-refractivity contribution in [3.05, 3.63) is 70.8 Å². The summed E-state index contributed by atoms with van der Waals surface area (Å²) in [5, 5.41) is 8.86. The van der Waals surface area contributed by atoms with Crippen LogP contribution in [0.15, 0.2) is 65.2 Å². The van der Waals surface area contributed by atoms with Crippen molar-refractivity contribution in [1.29, 1.82) is 0 Å². The number of aliphatic hydroxyl groups excluding tert-OH is 1. The summed E-state index contributed by atoms with van der Waals surface area (Å²) in [5.41, 5.74) is 1.12. The molecule has 0 radical (unpaired) electrons. The quantitative estimate of drug-likeness (QED) is 0.256. The molecular weight excluding hydrogens is 384 g/mol. The van der Waals surface area contributed by atoms with Crippen molar-refractivity contribution < 1.29 is 19.4 Å². The molecule has 1 N–H and O–H groups in total. The van der Waals surface area contributed by atoms with E-state index in [1.54, 1.807) is 12.2 Å². The van der Waals surface area contributed by atoms with E-state index in [1.165, 1.54) is 13.2 Å². The highest BCUT2D eigenvalue weighted by Crippen LogP contribution is 2.16. The summed E-state index contributed by atoms with van der Waals surface area (Å²) in [5.74, 6) is -0.339. The van der Waals surface area contributed by atoms with Crippen LogP contribution in [-0.4, -0.2) is 30.9 Å². The normalized spacial score (nSPS) is 13.5. The van der Waals surface area contributed by atoms with Gasteiger partial charge in [0.2, 0.25) is 0 Å². The van der Waals surface area contributed by atoms with Crippen LogP contribution in [-0.2, 0) is 20.9 Å². The summed E-state index contributed by atoms with van der Waals surface area (Å²) < 4.78 is 11.4. The van der Waals surface area contributed by atoms with Gasteiger partial charge in [-0.1, -0.05) is 58.4 Å². The number of methoxy groups -OCH3 is 1. The first-order chi connectivity index (χ1) is 12.2. The van der Waals surface area contributed by atoms with Crippen molar-refractivity contribution in [1.82, 2.24) is 0 Å². The van der Waals surface area contributed by atoms with Crippen LogP contribution in [0.3, 0.4) is 0 Å². The van der Waals surface area contributed by atoms with Crippen LogP contribution in [0.2, 0.25) is 0 Å². The summed E-state index contributed by atoms with van der Waals surface area (Å²) in [7, 11) is 1.36. The van der Waals surface area contributed by atoms with Crippen molar-refractivity contribution in [3.8, 4) is 0 Å². The minimum absolute atomic E-state index is 0.00317. The third-order valence-corrected chi connectivity index (χ3v) is 3.88. The number of halogens is 1. The Morgan fingerprint density at radius 3 is 2.68 bits per heavy atom. The monoisotopic (exact) mass is 408 g/mol. The Bertz CT molecular complexity index is 579. The highest BCUT2D eigenvalue weighted by molar-refractivity contribution is 9.11. The molecule has 1 rings (SSSR count). The number of allylic oxidation sites excluding steroid dienone is 3. The Balaban J connectivity index is 2.56. The van der Waals surface area contributed by atoms with E-state index in [0.29, 0.717) is 6.61 Å². The van der Waals surface area contributed by atoms with Gasteiger partial charge in [-0.25, -0.2) is 4.79 Å². The lowest BCUT2D eigenvalue weighted by Gasteiger charge is -2.14. The minimum atomic E-state index is -0.339. The molecule has 136 valence electrons. The van der Waals surface area contributed by atoms with Gasteiger partial charge >= 0.3 is 5.97 Å². The Hall–Kier alpha value is -1.69. The number of hydrogen-bond acceptors (Lipinski definition) is 4. The van der Waals surface area contributed by atoms with Crippen LogP contribution in [0.25, 0.3) is 0 Å². The predicted octanol–water partition coefficient (Wildman–Crippen LogP) is 4.30. The van der Waals surface area contributed by atoms with Crippen LogP contribution in [0.5, 0.6) is 0 Å². The molecule has 1 aromatic carbocycles. The molecule has 0 unspecified atom stereocenters. The van der Waals surface area contributed by atoms with Gasteiger partial charge in [0, 0.05) is 10.6 Å². The number of hydrogen-bond donors (Lipinski definition) is 1. The van der Waals surface area contributed by atoms with Gasteiger partial charge in [-0.15, -0.1) is 0 Å². The second-order valence-corrected chi connectivity index (χ2v) is 6.24. The van der Waals surface area contributed by atoms with E-state index in [9.17, 15) is 4.79 Å². The van der Waals surface area contributed by atoms with Crippen molar-refractivity contribution in [2.45, 2.75) is 32.0 Å². The fourth-order valence-corrected chi connectivity index (χ4v) is 2.56. The summed E-state index contributed by atoms with van der Waals surface area (Å²) in [6.45, 7) is 0.529. The molecule has 0 heterocycles. The Kier molecular flexibility index (Phi) is 11.6. The summed E-state index contributed by atoms with van der Waals surface area (Å²) in [4.78, 5) is 11.0. The number of esters is 1. The van der Waals surface area contributed by atoms with Gasteiger partial charge in [0.1, 0.15) is 0 Å². The van der Waals surface area contributed by atoms with E-state index in [1.807, 2.05) is 42.5 Å². The van der Waals surface area contributed by atoms with Gasteiger partial charge in [-0.3, -0.25) is 0 Å². The minimum Gasteiger partial charge on any atom is -0.466 e. The molecular formula is C20H25BrO4. The first kappa shape index (κ1) is 21.4.